The summed E-state index contributed by atoms with van der Waals surface area (Å²) in [5.41, 5.74) is 0. The van der Waals surface area contributed by atoms with E-state index in [1.165, 1.54) is 6.33 Å². The molecule has 82 valence electrons. The van der Waals surface area contributed by atoms with Crippen molar-refractivity contribution in [1.82, 2.24) is 9.97 Å². The van der Waals surface area contributed by atoms with Crippen LogP contribution in [0, 0.1) is 0 Å². The minimum Gasteiger partial charge on any atom is -0.374 e. The Morgan fingerprint density at radius 3 is 3.27 bits per heavy atom. The maximum atomic E-state index is 6.03. The summed E-state index contributed by atoms with van der Waals surface area (Å²) in [5, 5.41) is 1.42. The van der Waals surface area contributed by atoms with E-state index >= 15 is 0 Å². The molecule has 0 saturated carbocycles. The largest absolute Gasteiger partial charge is 0.374 e. The van der Waals surface area contributed by atoms with Gasteiger partial charge < -0.3 is 9.64 Å². The molecule has 1 atom stereocenters. The minimum absolute atomic E-state index is 0.199. The molecule has 0 N–H and O–H groups in total. The standard InChI is InChI=1S/C9H11BrClN3O/c10-3-7-5-14(1-2-15-7)9-8(11)4-12-6-13-9/h4,6-7H,1-3,5H2. The van der Waals surface area contributed by atoms with E-state index < -0.39 is 0 Å². The maximum absolute atomic E-state index is 6.03. The summed E-state index contributed by atoms with van der Waals surface area (Å²) in [5.74, 6) is 0.793. The molecule has 1 aliphatic rings. The molecule has 6 heteroatoms. The van der Waals surface area contributed by atoms with Gasteiger partial charge in [-0.3, -0.25) is 0 Å². The smallest absolute Gasteiger partial charge is 0.150 e. The number of ether oxygens (including phenoxy) is 1. The molecular formula is C9H11BrClN3O. The van der Waals surface area contributed by atoms with Gasteiger partial charge in [0.05, 0.1) is 18.9 Å². The summed E-state index contributed by atoms with van der Waals surface area (Å²) in [6.07, 6.45) is 3.33. The maximum Gasteiger partial charge on any atom is 0.150 e. The van der Waals surface area contributed by atoms with Gasteiger partial charge in [0.15, 0.2) is 5.82 Å². The quantitative estimate of drug-likeness (QED) is 0.778. The molecule has 1 unspecified atom stereocenters. The first kappa shape index (κ1) is 11.1. The SMILES string of the molecule is Clc1cncnc1N1CCOC(CBr)C1. The van der Waals surface area contributed by atoms with Crippen LogP contribution < -0.4 is 4.90 Å². The van der Waals surface area contributed by atoms with Crippen LogP contribution in [0.1, 0.15) is 0 Å². The van der Waals surface area contributed by atoms with Crippen molar-refractivity contribution in [2.75, 3.05) is 29.9 Å². The highest BCUT2D eigenvalue weighted by Crippen LogP contribution is 2.23. The summed E-state index contributed by atoms with van der Waals surface area (Å²) in [6.45, 7) is 2.33. The zero-order valence-corrected chi connectivity index (χ0v) is 10.4. The summed E-state index contributed by atoms with van der Waals surface area (Å²) in [7, 11) is 0. The van der Waals surface area contributed by atoms with Crippen LogP contribution in [-0.2, 0) is 4.74 Å². The van der Waals surface area contributed by atoms with Crippen LogP contribution in [0.15, 0.2) is 12.5 Å². The highest BCUT2D eigenvalue weighted by Gasteiger charge is 2.21. The molecule has 2 rings (SSSR count). The molecule has 0 radical (unpaired) electrons. The number of hydrogen-bond acceptors (Lipinski definition) is 4. The summed E-state index contributed by atoms with van der Waals surface area (Å²) in [4.78, 5) is 10.2. The first-order valence-electron chi connectivity index (χ1n) is 4.69. The predicted octanol–water partition coefficient (Wildman–Crippen LogP) is 1.73. The Hall–Kier alpha value is -0.390. The predicted molar refractivity (Wildman–Crippen MR) is 62.8 cm³/mol. The number of aromatic nitrogens is 2. The molecule has 0 aliphatic carbocycles. The molecule has 1 fully saturated rings. The van der Waals surface area contributed by atoms with Crippen molar-refractivity contribution in [3.05, 3.63) is 17.5 Å². The van der Waals surface area contributed by atoms with Crippen molar-refractivity contribution in [2.24, 2.45) is 0 Å². The van der Waals surface area contributed by atoms with Crippen LogP contribution in [0.3, 0.4) is 0 Å². The third-order valence-corrected chi connectivity index (χ3v) is 3.25. The first-order valence-corrected chi connectivity index (χ1v) is 6.19. The van der Waals surface area contributed by atoms with Gasteiger partial charge in [0.1, 0.15) is 11.3 Å². The van der Waals surface area contributed by atoms with Gasteiger partial charge in [-0.1, -0.05) is 27.5 Å². The highest BCUT2D eigenvalue weighted by atomic mass is 79.9. The van der Waals surface area contributed by atoms with Crippen molar-refractivity contribution in [1.29, 1.82) is 0 Å². The number of nitrogens with zero attached hydrogens (tertiary/aromatic N) is 3. The Kier molecular flexibility index (Phi) is 3.77. The molecule has 0 bridgehead atoms. The molecule has 4 nitrogen and oxygen atoms in total. The van der Waals surface area contributed by atoms with Gasteiger partial charge in [-0.2, -0.15) is 0 Å². The zero-order chi connectivity index (χ0) is 10.7. The van der Waals surface area contributed by atoms with Crippen molar-refractivity contribution < 1.29 is 4.74 Å². The number of rotatable bonds is 2. The molecule has 1 aromatic heterocycles. The van der Waals surface area contributed by atoms with Crippen LogP contribution in [-0.4, -0.2) is 41.1 Å². The Balaban J connectivity index is 2.13. The average molecular weight is 293 g/mol. The van der Waals surface area contributed by atoms with Gasteiger partial charge in [-0.25, -0.2) is 9.97 Å². The van der Waals surface area contributed by atoms with E-state index in [9.17, 15) is 0 Å². The third-order valence-electron chi connectivity index (χ3n) is 2.26. The average Bonchev–Trinajstić information content (AvgIpc) is 2.30. The minimum atomic E-state index is 0.199. The molecule has 1 aromatic rings. The summed E-state index contributed by atoms with van der Waals surface area (Å²) >= 11 is 9.44. The van der Waals surface area contributed by atoms with Crippen LogP contribution >= 0.6 is 27.5 Å². The number of halogens is 2. The van der Waals surface area contributed by atoms with Crippen molar-refractivity contribution in [3.8, 4) is 0 Å². The second-order valence-corrected chi connectivity index (χ2v) is 4.34. The lowest BCUT2D eigenvalue weighted by Crippen LogP contribution is -2.43. The van der Waals surface area contributed by atoms with E-state index in [1.807, 2.05) is 0 Å². The van der Waals surface area contributed by atoms with E-state index in [1.54, 1.807) is 6.20 Å². The normalized spacial score (nSPS) is 21.7. The van der Waals surface area contributed by atoms with Gasteiger partial charge in [0.2, 0.25) is 0 Å². The van der Waals surface area contributed by atoms with E-state index in [4.69, 9.17) is 16.3 Å². The van der Waals surface area contributed by atoms with E-state index in [0.717, 1.165) is 24.2 Å². The molecule has 1 aliphatic heterocycles. The molecule has 0 aromatic carbocycles. The topological polar surface area (TPSA) is 38.2 Å². The highest BCUT2D eigenvalue weighted by molar-refractivity contribution is 9.09. The van der Waals surface area contributed by atoms with E-state index in [0.29, 0.717) is 11.6 Å². The molecular weight excluding hydrogens is 281 g/mol. The van der Waals surface area contributed by atoms with Gasteiger partial charge in [0, 0.05) is 18.4 Å². The fourth-order valence-electron chi connectivity index (χ4n) is 1.54. The number of hydrogen-bond donors (Lipinski definition) is 0. The Bertz CT molecular complexity index is 339. The molecule has 2 heterocycles. The van der Waals surface area contributed by atoms with E-state index in [2.05, 4.69) is 30.8 Å². The van der Waals surface area contributed by atoms with Crippen molar-refractivity contribution >= 4 is 33.3 Å². The zero-order valence-electron chi connectivity index (χ0n) is 8.07. The number of anilines is 1. The van der Waals surface area contributed by atoms with Gasteiger partial charge in [-0.05, 0) is 0 Å². The molecule has 1 saturated heterocycles. The Morgan fingerprint density at radius 1 is 1.67 bits per heavy atom. The third kappa shape index (κ3) is 2.59. The van der Waals surface area contributed by atoms with Crippen LogP contribution in [0.5, 0.6) is 0 Å². The summed E-state index contributed by atoms with van der Waals surface area (Å²) < 4.78 is 5.54. The lowest BCUT2D eigenvalue weighted by Gasteiger charge is -2.33. The van der Waals surface area contributed by atoms with Crippen molar-refractivity contribution in [3.63, 3.8) is 0 Å². The Labute approximate surface area is 102 Å². The second kappa shape index (κ2) is 5.09. The van der Waals surface area contributed by atoms with Crippen LogP contribution in [0.2, 0.25) is 5.02 Å². The second-order valence-electron chi connectivity index (χ2n) is 3.29. The number of morpholine rings is 1. The molecule has 0 amide bonds. The molecule has 0 spiro atoms. The summed E-state index contributed by atoms with van der Waals surface area (Å²) in [6, 6.07) is 0. The van der Waals surface area contributed by atoms with E-state index in [-0.39, 0.29) is 6.10 Å². The van der Waals surface area contributed by atoms with Gasteiger partial charge >= 0.3 is 0 Å². The number of alkyl halides is 1. The fourth-order valence-corrected chi connectivity index (χ4v) is 2.16. The fraction of sp³-hybridized carbons (Fsp3) is 0.556. The lowest BCUT2D eigenvalue weighted by atomic mass is 10.3. The Morgan fingerprint density at radius 2 is 2.53 bits per heavy atom. The monoisotopic (exact) mass is 291 g/mol. The van der Waals surface area contributed by atoms with Gasteiger partial charge in [0.25, 0.3) is 0 Å². The van der Waals surface area contributed by atoms with Gasteiger partial charge in [-0.15, -0.1) is 0 Å². The lowest BCUT2D eigenvalue weighted by molar-refractivity contribution is 0.0568. The van der Waals surface area contributed by atoms with Crippen molar-refractivity contribution in [2.45, 2.75) is 6.10 Å². The first-order chi connectivity index (χ1) is 7.31. The molecule has 15 heavy (non-hydrogen) atoms. The van der Waals surface area contributed by atoms with Crippen LogP contribution in [0.25, 0.3) is 0 Å². The van der Waals surface area contributed by atoms with Crippen LogP contribution in [0.4, 0.5) is 5.82 Å².